The lowest BCUT2D eigenvalue weighted by molar-refractivity contribution is -0.123. The lowest BCUT2D eigenvalue weighted by Gasteiger charge is -2.15. The van der Waals surface area contributed by atoms with Gasteiger partial charge in [0.05, 0.1) is 23.8 Å². The Bertz CT molecular complexity index is 563. The molecule has 112 valence electrons. The normalized spacial score (nSPS) is 14.5. The molecule has 1 aromatic carbocycles. The first-order chi connectivity index (χ1) is 10.1. The number of ether oxygens (including phenoxy) is 2. The molecule has 0 unspecified atom stereocenters. The molecule has 1 aliphatic carbocycles. The molecule has 0 atom stereocenters. The van der Waals surface area contributed by atoms with E-state index < -0.39 is 0 Å². The van der Waals surface area contributed by atoms with Gasteiger partial charge in [-0.1, -0.05) is 24.4 Å². The number of carbonyl (C=O) groups is 1. The fraction of sp³-hybridized carbons (Fsp3) is 0.467. The second-order valence-electron chi connectivity index (χ2n) is 4.94. The van der Waals surface area contributed by atoms with Crippen molar-refractivity contribution in [3.05, 3.63) is 22.7 Å². The fourth-order valence-corrected chi connectivity index (χ4v) is 2.67. The molecule has 1 aliphatic rings. The van der Waals surface area contributed by atoms with Gasteiger partial charge in [0.2, 0.25) is 0 Å². The van der Waals surface area contributed by atoms with Crippen molar-refractivity contribution in [3.8, 4) is 17.6 Å². The van der Waals surface area contributed by atoms with Gasteiger partial charge in [-0.2, -0.15) is 5.26 Å². The van der Waals surface area contributed by atoms with Crippen LogP contribution in [-0.2, 0) is 4.79 Å². The first-order valence-electron chi connectivity index (χ1n) is 6.84. The molecular weight excluding hydrogens is 292 g/mol. The molecule has 6 heteroatoms. The SMILES string of the molecule is COc1cc(C#N)cc(Cl)c1OCC(=O)NC1CCCC1. The number of carbonyl (C=O) groups excluding carboxylic acids is 1. The molecule has 0 aromatic heterocycles. The van der Waals surface area contributed by atoms with Crippen molar-refractivity contribution in [1.82, 2.24) is 5.32 Å². The number of nitrogens with zero attached hydrogens (tertiary/aromatic N) is 1. The van der Waals surface area contributed by atoms with Gasteiger partial charge < -0.3 is 14.8 Å². The Morgan fingerprint density at radius 3 is 2.81 bits per heavy atom. The van der Waals surface area contributed by atoms with E-state index in [1.807, 2.05) is 6.07 Å². The fourth-order valence-electron chi connectivity index (χ4n) is 2.40. The average Bonchev–Trinajstić information content (AvgIpc) is 2.97. The maximum atomic E-state index is 11.8. The van der Waals surface area contributed by atoms with Crippen LogP contribution in [0.25, 0.3) is 0 Å². The standard InChI is InChI=1S/C15H17ClN2O3/c1-20-13-7-10(8-17)6-12(16)15(13)21-9-14(19)18-11-4-2-3-5-11/h6-7,11H,2-5,9H2,1H3,(H,18,19). The topological polar surface area (TPSA) is 71.3 Å². The van der Waals surface area contributed by atoms with E-state index in [-0.39, 0.29) is 29.3 Å². The quantitative estimate of drug-likeness (QED) is 0.907. The van der Waals surface area contributed by atoms with E-state index in [0.29, 0.717) is 11.3 Å². The van der Waals surface area contributed by atoms with Crippen molar-refractivity contribution in [2.45, 2.75) is 31.7 Å². The number of methoxy groups -OCH3 is 1. The van der Waals surface area contributed by atoms with Crippen LogP contribution >= 0.6 is 11.6 Å². The van der Waals surface area contributed by atoms with Gasteiger partial charge in [0, 0.05) is 12.1 Å². The Morgan fingerprint density at radius 1 is 1.48 bits per heavy atom. The maximum absolute atomic E-state index is 11.8. The first-order valence-corrected chi connectivity index (χ1v) is 7.21. The summed E-state index contributed by atoms with van der Waals surface area (Å²) in [6.45, 7) is -0.127. The van der Waals surface area contributed by atoms with E-state index >= 15 is 0 Å². The minimum Gasteiger partial charge on any atom is -0.493 e. The number of hydrogen-bond acceptors (Lipinski definition) is 4. The predicted molar refractivity (Wildman–Crippen MR) is 78.6 cm³/mol. The number of halogens is 1. The van der Waals surface area contributed by atoms with Gasteiger partial charge in [-0.05, 0) is 18.9 Å². The third-order valence-electron chi connectivity index (χ3n) is 3.43. The summed E-state index contributed by atoms with van der Waals surface area (Å²) >= 11 is 6.06. The van der Waals surface area contributed by atoms with Gasteiger partial charge >= 0.3 is 0 Å². The summed E-state index contributed by atoms with van der Waals surface area (Å²) < 4.78 is 10.6. The van der Waals surface area contributed by atoms with Crippen LogP contribution in [0.5, 0.6) is 11.5 Å². The van der Waals surface area contributed by atoms with E-state index in [9.17, 15) is 4.79 Å². The molecule has 0 spiro atoms. The Labute approximate surface area is 128 Å². The Kier molecular flexibility index (Phi) is 5.29. The zero-order chi connectivity index (χ0) is 15.2. The predicted octanol–water partition coefficient (Wildman–Crippen LogP) is 2.66. The first kappa shape index (κ1) is 15.5. The van der Waals surface area contributed by atoms with Crippen molar-refractivity contribution in [2.75, 3.05) is 13.7 Å². The number of hydrogen-bond donors (Lipinski definition) is 1. The van der Waals surface area contributed by atoms with Crippen LogP contribution in [0, 0.1) is 11.3 Å². The number of rotatable bonds is 5. The van der Waals surface area contributed by atoms with Crippen LogP contribution in [0.3, 0.4) is 0 Å². The van der Waals surface area contributed by atoms with E-state index in [0.717, 1.165) is 25.7 Å². The maximum Gasteiger partial charge on any atom is 0.258 e. The van der Waals surface area contributed by atoms with Crippen LogP contribution in [0.4, 0.5) is 0 Å². The third-order valence-corrected chi connectivity index (χ3v) is 3.71. The molecule has 1 N–H and O–H groups in total. The third kappa shape index (κ3) is 4.02. The molecule has 2 rings (SSSR count). The lowest BCUT2D eigenvalue weighted by Crippen LogP contribution is -2.36. The molecule has 1 amide bonds. The minimum absolute atomic E-state index is 0.127. The van der Waals surface area contributed by atoms with Crippen LogP contribution in [0.15, 0.2) is 12.1 Å². The van der Waals surface area contributed by atoms with E-state index in [1.54, 1.807) is 0 Å². The van der Waals surface area contributed by atoms with Crippen molar-refractivity contribution in [2.24, 2.45) is 0 Å². The molecule has 0 radical (unpaired) electrons. The molecule has 0 heterocycles. The van der Waals surface area contributed by atoms with Gasteiger partial charge in [-0.25, -0.2) is 0 Å². The van der Waals surface area contributed by atoms with Crippen molar-refractivity contribution < 1.29 is 14.3 Å². The summed E-state index contributed by atoms with van der Waals surface area (Å²) in [5, 5.41) is 12.1. The summed E-state index contributed by atoms with van der Waals surface area (Å²) in [5.41, 5.74) is 0.375. The highest BCUT2D eigenvalue weighted by atomic mass is 35.5. The van der Waals surface area contributed by atoms with Crippen LogP contribution in [0.2, 0.25) is 5.02 Å². The second kappa shape index (κ2) is 7.19. The van der Waals surface area contributed by atoms with Gasteiger partial charge in [0.15, 0.2) is 18.1 Å². The molecule has 1 fully saturated rings. The average molecular weight is 309 g/mol. The van der Waals surface area contributed by atoms with Crippen molar-refractivity contribution in [3.63, 3.8) is 0 Å². The smallest absolute Gasteiger partial charge is 0.258 e. The monoisotopic (exact) mass is 308 g/mol. The zero-order valence-electron chi connectivity index (χ0n) is 11.8. The Morgan fingerprint density at radius 2 is 2.19 bits per heavy atom. The van der Waals surface area contributed by atoms with Gasteiger partial charge in [-0.3, -0.25) is 4.79 Å². The summed E-state index contributed by atoms with van der Waals surface area (Å²) in [4.78, 5) is 11.8. The van der Waals surface area contributed by atoms with Crippen LogP contribution in [-0.4, -0.2) is 25.7 Å². The van der Waals surface area contributed by atoms with Crippen molar-refractivity contribution in [1.29, 1.82) is 5.26 Å². The van der Waals surface area contributed by atoms with Crippen LogP contribution in [0.1, 0.15) is 31.2 Å². The molecule has 1 aromatic rings. The summed E-state index contributed by atoms with van der Waals surface area (Å²) in [5.74, 6) is 0.442. The van der Waals surface area contributed by atoms with Crippen LogP contribution < -0.4 is 14.8 Å². The number of nitriles is 1. The molecule has 0 bridgehead atoms. The molecule has 1 saturated carbocycles. The van der Waals surface area contributed by atoms with Gasteiger partial charge in [-0.15, -0.1) is 0 Å². The number of amides is 1. The highest BCUT2D eigenvalue weighted by Crippen LogP contribution is 2.36. The highest BCUT2D eigenvalue weighted by Gasteiger charge is 2.18. The zero-order valence-corrected chi connectivity index (χ0v) is 12.6. The van der Waals surface area contributed by atoms with E-state index in [2.05, 4.69) is 5.32 Å². The largest absolute Gasteiger partial charge is 0.493 e. The lowest BCUT2D eigenvalue weighted by atomic mass is 10.2. The second-order valence-corrected chi connectivity index (χ2v) is 5.35. The Balaban J connectivity index is 1.99. The number of benzene rings is 1. The van der Waals surface area contributed by atoms with Gasteiger partial charge in [0.1, 0.15) is 0 Å². The van der Waals surface area contributed by atoms with Gasteiger partial charge in [0.25, 0.3) is 5.91 Å². The molecule has 0 aliphatic heterocycles. The molecule has 21 heavy (non-hydrogen) atoms. The van der Waals surface area contributed by atoms with E-state index in [1.165, 1.54) is 19.2 Å². The summed E-state index contributed by atoms with van der Waals surface area (Å²) in [6, 6.07) is 5.24. The molecule has 0 saturated heterocycles. The molecular formula is C15H17ClN2O3. The summed E-state index contributed by atoms with van der Waals surface area (Å²) in [6.07, 6.45) is 4.35. The highest BCUT2D eigenvalue weighted by molar-refractivity contribution is 6.32. The molecule has 5 nitrogen and oxygen atoms in total. The minimum atomic E-state index is -0.177. The van der Waals surface area contributed by atoms with E-state index in [4.69, 9.17) is 26.3 Å². The number of nitrogens with one attached hydrogen (secondary N) is 1. The van der Waals surface area contributed by atoms with Crippen molar-refractivity contribution >= 4 is 17.5 Å². The Hall–Kier alpha value is -1.93. The summed E-state index contributed by atoms with van der Waals surface area (Å²) in [7, 11) is 1.46.